The summed E-state index contributed by atoms with van der Waals surface area (Å²) in [5, 5.41) is 4.58. The van der Waals surface area contributed by atoms with E-state index in [1.54, 1.807) is 0 Å². The van der Waals surface area contributed by atoms with Crippen molar-refractivity contribution in [2.45, 2.75) is 38.6 Å². The largest absolute Gasteiger partial charge is 0.353 e. The van der Waals surface area contributed by atoms with Gasteiger partial charge in [-0.2, -0.15) is 0 Å². The molecule has 0 bridgehead atoms. The van der Waals surface area contributed by atoms with E-state index >= 15 is 0 Å². The Kier molecular flexibility index (Phi) is 4.48. The highest BCUT2D eigenvalue weighted by molar-refractivity contribution is 9.10. The lowest BCUT2D eigenvalue weighted by molar-refractivity contribution is 0.740. The molecule has 3 nitrogen and oxygen atoms in total. The van der Waals surface area contributed by atoms with Crippen molar-refractivity contribution < 1.29 is 0 Å². The molecule has 1 aromatic heterocycles. The number of hydrogen-bond donors (Lipinski definition) is 1. The van der Waals surface area contributed by atoms with Crippen molar-refractivity contribution >= 4 is 45.1 Å². The Morgan fingerprint density at radius 3 is 2.67 bits per heavy atom. The number of rotatable bonds is 3. The van der Waals surface area contributed by atoms with Gasteiger partial charge in [-0.05, 0) is 47.8 Å². The van der Waals surface area contributed by atoms with E-state index in [0.29, 0.717) is 16.1 Å². The van der Waals surface area contributed by atoms with Gasteiger partial charge in [-0.15, -0.1) is 0 Å². The van der Waals surface area contributed by atoms with E-state index < -0.39 is 0 Å². The molecule has 1 fully saturated rings. The Bertz CT molecular complexity index is 663. The summed E-state index contributed by atoms with van der Waals surface area (Å²) >= 11 is 16.0. The first-order valence-electron chi connectivity index (χ1n) is 7.02. The van der Waals surface area contributed by atoms with Crippen LogP contribution >= 0.6 is 39.1 Å². The van der Waals surface area contributed by atoms with Crippen LogP contribution < -0.4 is 5.32 Å². The third-order valence-corrected chi connectivity index (χ3v) is 5.55. The van der Waals surface area contributed by atoms with Crippen LogP contribution in [0.4, 0.5) is 5.95 Å². The molecule has 1 aromatic carbocycles. The van der Waals surface area contributed by atoms with Crippen molar-refractivity contribution in [2.75, 3.05) is 5.32 Å². The van der Waals surface area contributed by atoms with Crippen molar-refractivity contribution in [3.8, 4) is 5.69 Å². The molecule has 0 radical (unpaired) electrons. The summed E-state index contributed by atoms with van der Waals surface area (Å²) < 4.78 is 2.77. The Morgan fingerprint density at radius 1 is 1.24 bits per heavy atom. The molecule has 21 heavy (non-hydrogen) atoms. The molecule has 1 N–H and O–H groups in total. The van der Waals surface area contributed by atoms with Crippen molar-refractivity contribution in [1.82, 2.24) is 9.55 Å². The van der Waals surface area contributed by atoms with Crippen molar-refractivity contribution in [1.29, 1.82) is 0 Å². The van der Waals surface area contributed by atoms with Gasteiger partial charge < -0.3 is 5.32 Å². The molecule has 0 amide bonds. The van der Waals surface area contributed by atoms with E-state index in [0.717, 1.165) is 21.8 Å². The summed E-state index contributed by atoms with van der Waals surface area (Å²) in [5.74, 6) is 0.833. The number of benzene rings is 1. The number of anilines is 1. The molecule has 0 unspecified atom stereocenters. The van der Waals surface area contributed by atoms with Crippen molar-refractivity contribution in [2.24, 2.45) is 0 Å². The molecule has 1 aliphatic rings. The van der Waals surface area contributed by atoms with Gasteiger partial charge in [-0.1, -0.05) is 36.0 Å². The molecular formula is C15H16BrCl2N3. The Hall–Kier alpha value is -0.710. The van der Waals surface area contributed by atoms with E-state index in [2.05, 4.69) is 26.2 Å². The van der Waals surface area contributed by atoms with E-state index in [9.17, 15) is 0 Å². The van der Waals surface area contributed by atoms with E-state index in [1.807, 2.05) is 29.8 Å². The van der Waals surface area contributed by atoms with E-state index in [1.165, 1.54) is 25.7 Å². The molecule has 0 spiro atoms. The summed E-state index contributed by atoms with van der Waals surface area (Å²) in [4.78, 5) is 4.58. The van der Waals surface area contributed by atoms with Crippen LogP contribution in [0, 0.1) is 6.92 Å². The van der Waals surface area contributed by atoms with Gasteiger partial charge in [0.1, 0.15) is 0 Å². The standard InChI is InChI=1S/C15H16BrCl2N3/c1-9-8-21(12-7-6-11(16)13(17)14(12)18)15(19-9)20-10-4-2-3-5-10/h6-8,10H,2-5H2,1H3,(H,19,20). The van der Waals surface area contributed by atoms with Gasteiger partial charge in [-0.25, -0.2) is 4.98 Å². The average Bonchev–Trinajstić information content (AvgIpc) is 3.07. The number of nitrogens with zero attached hydrogens (tertiary/aromatic N) is 2. The molecule has 0 atom stereocenters. The number of nitrogens with one attached hydrogen (secondary N) is 1. The second-order valence-electron chi connectivity index (χ2n) is 5.40. The first-order valence-corrected chi connectivity index (χ1v) is 8.57. The third-order valence-electron chi connectivity index (χ3n) is 3.79. The molecule has 3 rings (SSSR count). The first-order chi connectivity index (χ1) is 10.1. The molecule has 2 aromatic rings. The zero-order valence-electron chi connectivity index (χ0n) is 11.7. The van der Waals surface area contributed by atoms with Crippen LogP contribution in [0.5, 0.6) is 0 Å². The van der Waals surface area contributed by atoms with Crippen LogP contribution in [0.1, 0.15) is 31.4 Å². The summed E-state index contributed by atoms with van der Waals surface area (Å²) in [6.07, 6.45) is 6.93. The Labute approximate surface area is 142 Å². The topological polar surface area (TPSA) is 29.9 Å². The monoisotopic (exact) mass is 387 g/mol. The van der Waals surface area contributed by atoms with Crippen LogP contribution in [0.15, 0.2) is 22.8 Å². The number of halogens is 3. The number of imidazole rings is 1. The summed E-state index contributed by atoms with van der Waals surface area (Å²) in [6.45, 7) is 1.98. The van der Waals surface area contributed by atoms with Crippen LogP contribution in [0.3, 0.4) is 0 Å². The lowest BCUT2D eigenvalue weighted by Crippen LogP contribution is -2.17. The maximum absolute atomic E-state index is 6.39. The normalized spacial score (nSPS) is 15.6. The zero-order chi connectivity index (χ0) is 15.0. The lowest BCUT2D eigenvalue weighted by Gasteiger charge is -2.16. The van der Waals surface area contributed by atoms with Gasteiger partial charge in [0, 0.05) is 16.7 Å². The maximum Gasteiger partial charge on any atom is 0.208 e. The fourth-order valence-corrected chi connectivity index (χ4v) is 3.60. The summed E-state index contributed by atoms with van der Waals surface area (Å²) in [7, 11) is 0. The second-order valence-corrected chi connectivity index (χ2v) is 7.01. The molecule has 1 heterocycles. The second kappa shape index (κ2) is 6.19. The number of aryl methyl sites for hydroxylation is 1. The van der Waals surface area contributed by atoms with Gasteiger partial charge >= 0.3 is 0 Å². The number of hydrogen-bond acceptors (Lipinski definition) is 2. The fraction of sp³-hybridized carbons (Fsp3) is 0.400. The molecule has 1 aliphatic carbocycles. The van der Waals surface area contributed by atoms with E-state index in [-0.39, 0.29) is 0 Å². The highest BCUT2D eigenvalue weighted by atomic mass is 79.9. The summed E-state index contributed by atoms with van der Waals surface area (Å²) in [5.41, 5.74) is 1.79. The van der Waals surface area contributed by atoms with Crippen molar-refractivity contribution in [3.63, 3.8) is 0 Å². The third kappa shape index (κ3) is 3.08. The van der Waals surface area contributed by atoms with Crippen LogP contribution in [0.2, 0.25) is 10.0 Å². The summed E-state index contributed by atoms with van der Waals surface area (Å²) in [6, 6.07) is 4.34. The Morgan fingerprint density at radius 2 is 1.95 bits per heavy atom. The highest BCUT2D eigenvalue weighted by Gasteiger charge is 2.19. The Balaban J connectivity index is 2.00. The molecule has 0 saturated heterocycles. The molecule has 112 valence electrons. The minimum atomic E-state index is 0.496. The SMILES string of the molecule is Cc1cn(-c2ccc(Br)c(Cl)c2Cl)c(NC2CCCC2)n1. The first kappa shape index (κ1) is 15.2. The van der Waals surface area contributed by atoms with Gasteiger partial charge in [0.05, 0.1) is 21.4 Å². The molecule has 0 aliphatic heterocycles. The quantitative estimate of drug-likeness (QED) is 0.693. The van der Waals surface area contributed by atoms with Gasteiger partial charge in [0.25, 0.3) is 0 Å². The van der Waals surface area contributed by atoms with Crippen LogP contribution in [-0.2, 0) is 0 Å². The van der Waals surface area contributed by atoms with Crippen LogP contribution in [0.25, 0.3) is 5.69 Å². The predicted octanol–water partition coefficient (Wildman–Crippen LogP) is 5.60. The average molecular weight is 389 g/mol. The fourth-order valence-electron chi connectivity index (χ4n) is 2.74. The smallest absolute Gasteiger partial charge is 0.208 e. The van der Waals surface area contributed by atoms with Gasteiger partial charge in [-0.3, -0.25) is 4.57 Å². The van der Waals surface area contributed by atoms with E-state index in [4.69, 9.17) is 23.2 Å². The number of aromatic nitrogens is 2. The minimum absolute atomic E-state index is 0.496. The zero-order valence-corrected chi connectivity index (χ0v) is 14.8. The lowest BCUT2D eigenvalue weighted by atomic mass is 10.2. The van der Waals surface area contributed by atoms with Crippen LogP contribution in [-0.4, -0.2) is 15.6 Å². The van der Waals surface area contributed by atoms with Gasteiger partial charge in [0.15, 0.2) is 0 Å². The highest BCUT2D eigenvalue weighted by Crippen LogP contribution is 2.36. The molecule has 6 heteroatoms. The maximum atomic E-state index is 6.39. The predicted molar refractivity (Wildman–Crippen MR) is 91.9 cm³/mol. The molecular weight excluding hydrogens is 373 g/mol. The minimum Gasteiger partial charge on any atom is -0.353 e. The van der Waals surface area contributed by atoms with Crippen molar-refractivity contribution in [3.05, 3.63) is 38.5 Å². The molecule has 1 saturated carbocycles. The van der Waals surface area contributed by atoms with Gasteiger partial charge in [0.2, 0.25) is 5.95 Å².